The summed E-state index contributed by atoms with van der Waals surface area (Å²) in [5, 5.41) is 0. The topological polar surface area (TPSA) is 9.23 Å². The monoisotopic (exact) mass is 210 g/mol. The number of hydrogen-bond donors (Lipinski definition) is 0. The molecule has 0 saturated carbocycles. The molecule has 16 heavy (non-hydrogen) atoms. The third-order valence-corrected chi connectivity index (χ3v) is 3.31. The summed E-state index contributed by atoms with van der Waals surface area (Å²) >= 11 is 0. The molecule has 0 amide bonds. The van der Waals surface area contributed by atoms with Crippen molar-refractivity contribution in [3.8, 4) is 16.9 Å². The molecule has 0 heterocycles. The van der Waals surface area contributed by atoms with Gasteiger partial charge in [-0.25, -0.2) is 0 Å². The van der Waals surface area contributed by atoms with Crippen molar-refractivity contribution in [2.75, 3.05) is 7.11 Å². The van der Waals surface area contributed by atoms with Crippen molar-refractivity contribution >= 4 is 0 Å². The minimum Gasteiger partial charge on any atom is -0.496 e. The fourth-order valence-electron chi connectivity index (χ4n) is 2.49. The van der Waals surface area contributed by atoms with E-state index in [0.717, 1.165) is 12.2 Å². The fourth-order valence-corrected chi connectivity index (χ4v) is 2.49. The van der Waals surface area contributed by atoms with Crippen molar-refractivity contribution in [2.45, 2.75) is 13.3 Å². The number of aryl methyl sites for hydroxylation is 1. The van der Waals surface area contributed by atoms with Crippen LogP contribution in [0.15, 0.2) is 36.4 Å². The standard InChI is InChI=1S/C15H14O/c1-10-7-14-12(9-15(10)16-2)8-11-5-3-4-6-13(11)14/h3-7,9H,8H2,1-2H3. The van der Waals surface area contributed by atoms with Gasteiger partial charge in [-0.1, -0.05) is 24.3 Å². The Bertz CT molecular complexity index is 555. The molecular formula is C15H14O. The number of ether oxygens (including phenoxy) is 1. The number of fused-ring (bicyclic) bond motifs is 3. The predicted molar refractivity (Wildman–Crippen MR) is 66.0 cm³/mol. The van der Waals surface area contributed by atoms with Gasteiger partial charge in [0.05, 0.1) is 7.11 Å². The lowest BCUT2D eigenvalue weighted by Crippen LogP contribution is -1.89. The molecule has 0 aliphatic heterocycles. The van der Waals surface area contributed by atoms with Crippen LogP contribution in [0.3, 0.4) is 0 Å². The van der Waals surface area contributed by atoms with Crippen LogP contribution in [0.5, 0.6) is 5.75 Å². The molecular weight excluding hydrogens is 196 g/mol. The average Bonchev–Trinajstić information content (AvgIpc) is 2.66. The second-order valence-corrected chi connectivity index (χ2v) is 4.31. The number of benzene rings is 2. The summed E-state index contributed by atoms with van der Waals surface area (Å²) in [6.07, 6.45) is 1.03. The molecule has 1 aliphatic rings. The first-order chi connectivity index (χ1) is 7.79. The summed E-state index contributed by atoms with van der Waals surface area (Å²) in [7, 11) is 1.73. The summed E-state index contributed by atoms with van der Waals surface area (Å²) in [5.41, 5.74) is 6.75. The van der Waals surface area contributed by atoms with E-state index < -0.39 is 0 Å². The summed E-state index contributed by atoms with van der Waals surface area (Å²) in [6, 6.07) is 13.0. The van der Waals surface area contributed by atoms with Crippen LogP contribution in [0, 0.1) is 6.92 Å². The van der Waals surface area contributed by atoms with Crippen LogP contribution >= 0.6 is 0 Å². The van der Waals surface area contributed by atoms with Crippen molar-refractivity contribution in [3.05, 3.63) is 53.1 Å². The molecule has 0 fully saturated rings. The maximum atomic E-state index is 5.37. The molecule has 1 nitrogen and oxygen atoms in total. The minimum atomic E-state index is 0.992. The molecule has 2 aromatic rings. The van der Waals surface area contributed by atoms with Crippen molar-refractivity contribution in [2.24, 2.45) is 0 Å². The van der Waals surface area contributed by atoms with Gasteiger partial charge in [0.25, 0.3) is 0 Å². The number of hydrogen-bond acceptors (Lipinski definition) is 1. The Kier molecular flexibility index (Phi) is 2.00. The van der Waals surface area contributed by atoms with Crippen LogP contribution in [-0.2, 0) is 6.42 Å². The van der Waals surface area contributed by atoms with Crippen LogP contribution in [0.1, 0.15) is 16.7 Å². The summed E-state index contributed by atoms with van der Waals surface area (Å²) in [6.45, 7) is 2.10. The highest BCUT2D eigenvalue weighted by Crippen LogP contribution is 2.39. The predicted octanol–water partition coefficient (Wildman–Crippen LogP) is 3.57. The Hall–Kier alpha value is -1.76. The van der Waals surface area contributed by atoms with Crippen molar-refractivity contribution in [1.82, 2.24) is 0 Å². The molecule has 3 rings (SSSR count). The average molecular weight is 210 g/mol. The van der Waals surface area contributed by atoms with Gasteiger partial charge in [-0.15, -0.1) is 0 Å². The highest BCUT2D eigenvalue weighted by molar-refractivity contribution is 5.78. The summed E-state index contributed by atoms with van der Waals surface area (Å²) in [5.74, 6) is 0.992. The summed E-state index contributed by atoms with van der Waals surface area (Å²) < 4.78 is 5.37. The molecule has 0 bridgehead atoms. The van der Waals surface area contributed by atoms with Crippen LogP contribution in [0.25, 0.3) is 11.1 Å². The zero-order chi connectivity index (χ0) is 11.1. The van der Waals surface area contributed by atoms with Gasteiger partial charge >= 0.3 is 0 Å². The molecule has 1 aliphatic carbocycles. The van der Waals surface area contributed by atoms with Gasteiger partial charge in [-0.05, 0) is 53.3 Å². The van der Waals surface area contributed by atoms with Crippen LogP contribution in [0.2, 0.25) is 0 Å². The van der Waals surface area contributed by atoms with E-state index in [1.807, 2.05) is 0 Å². The van der Waals surface area contributed by atoms with Crippen LogP contribution < -0.4 is 4.74 Å². The zero-order valence-corrected chi connectivity index (χ0v) is 9.58. The van der Waals surface area contributed by atoms with E-state index in [9.17, 15) is 0 Å². The SMILES string of the molecule is COc1cc2c(cc1C)-c1ccccc1C2. The largest absolute Gasteiger partial charge is 0.496 e. The van der Waals surface area contributed by atoms with E-state index >= 15 is 0 Å². The molecule has 0 radical (unpaired) electrons. The molecule has 0 atom stereocenters. The lowest BCUT2D eigenvalue weighted by molar-refractivity contribution is 0.411. The Morgan fingerprint density at radius 1 is 1.00 bits per heavy atom. The number of methoxy groups -OCH3 is 1. The molecule has 0 N–H and O–H groups in total. The normalized spacial score (nSPS) is 12.1. The van der Waals surface area contributed by atoms with Gasteiger partial charge in [0.2, 0.25) is 0 Å². The first kappa shape index (κ1) is 9.46. The fraction of sp³-hybridized carbons (Fsp3) is 0.200. The third-order valence-electron chi connectivity index (χ3n) is 3.31. The van der Waals surface area contributed by atoms with Gasteiger partial charge < -0.3 is 4.74 Å². The maximum Gasteiger partial charge on any atom is 0.122 e. The van der Waals surface area contributed by atoms with E-state index in [0.29, 0.717) is 0 Å². The summed E-state index contributed by atoms with van der Waals surface area (Å²) in [4.78, 5) is 0. The molecule has 0 aromatic heterocycles. The molecule has 2 aromatic carbocycles. The molecule has 1 heteroatoms. The van der Waals surface area contributed by atoms with Gasteiger partial charge in [0.15, 0.2) is 0 Å². The van der Waals surface area contributed by atoms with E-state index in [1.54, 1.807) is 7.11 Å². The van der Waals surface area contributed by atoms with Crippen molar-refractivity contribution in [1.29, 1.82) is 0 Å². The Morgan fingerprint density at radius 2 is 1.81 bits per heavy atom. The highest BCUT2D eigenvalue weighted by Gasteiger charge is 2.19. The smallest absolute Gasteiger partial charge is 0.122 e. The van der Waals surface area contributed by atoms with E-state index in [-0.39, 0.29) is 0 Å². The quantitative estimate of drug-likeness (QED) is 0.596. The van der Waals surface area contributed by atoms with Crippen molar-refractivity contribution in [3.63, 3.8) is 0 Å². The second kappa shape index (κ2) is 3.38. The molecule has 0 unspecified atom stereocenters. The Balaban J connectivity index is 2.22. The first-order valence-electron chi connectivity index (χ1n) is 5.55. The van der Waals surface area contributed by atoms with Gasteiger partial charge in [-0.2, -0.15) is 0 Å². The van der Waals surface area contributed by atoms with Gasteiger partial charge in [-0.3, -0.25) is 0 Å². The van der Waals surface area contributed by atoms with Crippen LogP contribution in [0.4, 0.5) is 0 Å². The Labute approximate surface area is 95.7 Å². The van der Waals surface area contributed by atoms with E-state index in [1.165, 1.54) is 27.8 Å². The highest BCUT2D eigenvalue weighted by atomic mass is 16.5. The van der Waals surface area contributed by atoms with E-state index in [2.05, 4.69) is 43.3 Å². The van der Waals surface area contributed by atoms with E-state index in [4.69, 9.17) is 4.74 Å². The van der Waals surface area contributed by atoms with Crippen molar-refractivity contribution < 1.29 is 4.74 Å². The molecule has 80 valence electrons. The Morgan fingerprint density at radius 3 is 2.62 bits per heavy atom. The van der Waals surface area contributed by atoms with Crippen LogP contribution in [-0.4, -0.2) is 7.11 Å². The lowest BCUT2D eigenvalue weighted by atomic mass is 10.0. The van der Waals surface area contributed by atoms with Gasteiger partial charge in [0, 0.05) is 0 Å². The molecule has 0 saturated heterocycles. The maximum absolute atomic E-state index is 5.37. The lowest BCUT2D eigenvalue weighted by Gasteiger charge is -2.08. The second-order valence-electron chi connectivity index (χ2n) is 4.31. The zero-order valence-electron chi connectivity index (χ0n) is 9.58. The van der Waals surface area contributed by atoms with Gasteiger partial charge in [0.1, 0.15) is 5.75 Å². The minimum absolute atomic E-state index is 0.992. The molecule has 0 spiro atoms. The first-order valence-corrected chi connectivity index (χ1v) is 5.55. The number of rotatable bonds is 1. The third kappa shape index (κ3) is 1.25.